The molecule has 108 valence electrons. The first-order chi connectivity index (χ1) is 9.08. The summed E-state index contributed by atoms with van der Waals surface area (Å²) in [6.45, 7) is 7.32. The van der Waals surface area contributed by atoms with E-state index in [0.717, 1.165) is 24.2 Å². The zero-order valence-corrected chi connectivity index (χ0v) is 12.1. The summed E-state index contributed by atoms with van der Waals surface area (Å²) >= 11 is 0. The van der Waals surface area contributed by atoms with Gasteiger partial charge in [-0.25, -0.2) is 4.79 Å². The molecule has 3 aliphatic carbocycles. The molecular formula is C16H26O3. The maximum absolute atomic E-state index is 11.6. The molecule has 3 rings (SSSR count). The molecule has 0 aromatic heterocycles. The number of fused-ring (bicyclic) bond motifs is 5. The van der Waals surface area contributed by atoms with E-state index in [1.54, 1.807) is 13.8 Å². The molecule has 0 aliphatic heterocycles. The molecule has 3 nitrogen and oxygen atoms in total. The van der Waals surface area contributed by atoms with Gasteiger partial charge < -0.3 is 9.84 Å². The van der Waals surface area contributed by atoms with Crippen LogP contribution in [0, 0.1) is 23.7 Å². The van der Waals surface area contributed by atoms with Crippen molar-refractivity contribution in [3.05, 3.63) is 12.2 Å². The second kappa shape index (κ2) is 6.08. The number of hydrogen-bond acceptors (Lipinski definition) is 3. The average molecular weight is 266 g/mol. The molecule has 0 spiro atoms. The molecule has 0 amide bonds. The minimum absolute atomic E-state index is 0.187. The average Bonchev–Trinajstić information content (AvgIpc) is 3.02. The fourth-order valence-corrected chi connectivity index (χ4v) is 4.39. The Bertz CT molecular complexity index is 350. The van der Waals surface area contributed by atoms with Crippen molar-refractivity contribution in [2.45, 2.75) is 52.1 Å². The minimum Gasteiger partial charge on any atom is -0.459 e. The molecule has 5 unspecified atom stereocenters. The summed E-state index contributed by atoms with van der Waals surface area (Å²) < 4.78 is 5.60. The van der Waals surface area contributed by atoms with Crippen molar-refractivity contribution in [2.75, 3.05) is 6.61 Å². The van der Waals surface area contributed by atoms with Crippen molar-refractivity contribution in [1.82, 2.24) is 0 Å². The third-order valence-electron chi connectivity index (χ3n) is 4.98. The third-order valence-corrected chi connectivity index (χ3v) is 4.98. The Morgan fingerprint density at radius 1 is 1.26 bits per heavy atom. The van der Waals surface area contributed by atoms with Gasteiger partial charge in [0.05, 0.1) is 0 Å². The van der Waals surface area contributed by atoms with Crippen molar-refractivity contribution in [3.63, 3.8) is 0 Å². The molecule has 2 bridgehead atoms. The topological polar surface area (TPSA) is 46.5 Å². The molecule has 0 aromatic carbocycles. The second-order valence-corrected chi connectivity index (χ2v) is 6.19. The number of hydrogen-bond donors (Lipinski definition) is 1. The van der Waals surface area contributed by atoms with Crippen LogP contribution in [0.1, 0.15) is 46.0 Å². The molecule has 0 aromatic rings. The van der Waals surface area contributed by atoms with Gasteiger partial charge in [-0.05, 0) is 63.7 Å². The van der Waals surface area contributed by atoms with Gasteiger partial charge in [0, 0.05) is 18.1 Å². The van der Waals surface area contributed by atoms with Gasteiger partial charge >= 0.3 is 5.97 Å². The standard InChI is InChI=1S/C14H20O2.C2H6O/c1-8(2)14(15)16-12-6-5-11-9-3-4-10(7-9)13(11)12;1-2-3/h9-13H,1,3-7H2,2H3;3H,2H2,1H3. The number of carbonyl (C=O) groups excluding carboxylic acids is 1. The Hall–Kier alpha value is -0.830. The molecule has 19 heavy (non-hydrogen) atoms. The molecule has 3 heteroatoms. The van der Waals surface area contributed by atoms with Gasteiger partial charge in [0.25, 0.3) is 0 Å². The van der Waals surface area contributed by atoms with Crippen molar-refractivity contribution in [1.29, 1.82) is 0 Å². The van der Waals surface area contributed by atoms with Crippen molar-refractivity contribution >= 4 is 5.97 Å². The lowest BCUT2D eigenvalue weighted by Crippen LogP contribution is -2.29. The maximum Gasteiger partial charge on any atom is 0.333 e. The summed E-state index contributed by atoms with van der Waals surface area (Å²) in [6.07, 6.45) is 6.75. The zero-order valence-electron chi connectivity index (χ0n) is 12.1. The molecular weight excluding hydrogens is 240 g/mol. The van der Waals surface area contributed by atoms with Crippen LogP contribution >= 0.6 is 0 Å². The van der Waals surface area contributed by atoms with Crippen molar-refractivity contribution in [3.8, 4) is 0 Å². The highest BCUT2D eigenvalue weighted by Gasteiger charge is 2.54. The van der Waals surface area contributed by atoms with Crippen LogP contribution in [0.3, 0.4) is 0 Å². The number of aliphatic hydroxyl groups is 1. The Morgan fingerprint density at radius 3 is 2.53 bits per heavy atom. The first kappa shape index (κ1) is 14.6. The van der Waals surface area contributed by atoms with E-state index in [2.05, 4.69) is 6.58 Å². The summed E-state index contributed by atoms with van der Waals surface area (Å²) in [7, 11) is 0. The molecule has 0 heterocycles. The second-order valence-electron chi connectivity index (χ2n) is 6.19. The highest BCUT2D eigenvalue weighted by atomic mass is 16.5. The largest absolute Gasteiger partial charge is 0.459 e. The number of ether oxygens (including phenoxy) is 1. The summed E-state index contributed by atoms with van der Waals surface area (Å²) in [5.41, 5.74) is 0.534. The predicted molar refractivity (Wildman–Crippen MR) is 74.5 cm³/mol. The van der Waals surface area contributed by atoms with Crippen LogP contribution < -0.4 is 0 Å². The van der Waals surface area contributed by atoms with E-state index < -0.39 is 0 Å². The summed E-state index contributed by atoms with van der Waals surface area (Å²) in [5, 5.41) is 7.57. The van der Waals surface area contributed by atoms with Crippen molar-refractivity contribution < 1.29 is 14.6 Å². The lowest BCUT2D eigenvalue weighted by Gasteiger charge is -2.28. The van der Waals surface area contributed by atoms with E-state index in [9.17, 15) is 4.79 Å². The van der Waals surface area contributed by atoms with Crippen LogP contribution in [0.15, 0.2) is 12.2 Å². The van der Waals surface area contributed by atoms with Gasteiger partial charge in [0.1, 0.15) is 6.10 Å². The van der Waals surface area contributed by atoms with Crippen molar-refractivity contribution in [2.24, 2.45) is 23.7 Å². The smallest absolute Gasteiger partial charge is 0.333 e. The molecule has 0 saturated heterocycles. The van der Waals surface area contributed by atoms with Gasteiger partial charge in [-0.15, -0.1) is 0 Å². The Morgan fingerprint density at radius 2 is 1.89 bits per heavy atom. The molecule has 0 radical (unpaired) electrons. The Labute approximate surface area is 116 Å². The van der Waals surface area contributed by atoms with E-state index >= 15 is 0 Å². The molecule has 5 atom stereocenters. The molecule has 1 N–H and O–H groups in total. The SMILES string of the molecule is C=C(C)C(=O)OC1CCC2C3CCC(C3)C12.CCO. The maximum atomic E-state index is 11.6. The van der Waals surface area contributed by atoms with Gasteiger partial charge in [-0.1, -0.05) is 6.58 Å². The van der Waals surface area contributed by atoms with E-state index in [-0.39, 0.29) is 18.7 Å². The first-order valence-electron chi connectivity index (χ1n) is 7.55. The molecule has 3 aliphatic rings. The molecule has 3 saturated carbocycles. The van der Waals surface area contributed by atoms with E-state index in [1.807, 2.05) is 0 Å². The summed E-state index contributed by atoms with van der Waals surface area (Å²) in [5.74, 6) is 3.15. The minimum atomic E-state index is -0.187. The van der Waals surface area contributed by atoms with Crippen LogP contribution in [-0.2, 0) is 9.53 Å². The van der Waals surface area contributed by atoms with Gasteiger partial charge in [0.15, 0.2) is 0 Å². The van der Waals surface area contributed by atoms with Gasteiger partial charge in [-0.2, -0.15) is 0 Å². The third kappa shape index (κ3) is 2.86. The first-order valence-corrected chi connectivity index (χ1v) is 7.55. The number of carbonyl (C=O) groups is 1. The van der Waals surface area contributed by atoms with Crippen LogP contribution in [0.25, 0.3) is 0 Å². The fourth-order valence-electron chi connectivity index (χ4n) is 4.39. The normalized spacial score (nSPS) is 38.4. The van der Waals surface area contributed by atoms with Crippen LogP contribution in [0.4, 0.5) is 0 Å². The number of aliphatic hydroxyl groups excluding tert-OH is 1. The lowest BCUT2D eigenvalue weighted by molar-refractivity contribution is -0.147. The van der Waals surface area contributed by atoms with Gasteiger partial charge in [-0.3, -0.25) is 0 Å². The molecule has 3 fully saturated rings. The fraction of sp³-hybridized carbons (Fsp3) is 0.812. The number of rotatable bonds is 2. The summed E-state index contributed by atoms with van der Waals surface area (Å²) in [6, 6.07) is 0. The Balaban J connectivity index is 0.000000408. The monoisotopic (exact) mass is 266 g/mol. The zero-order chi connectivity index (χ0) is 14.0. The van der Waals surface area contributed by atoms with Gasteiger partial charge in [0.2, 0.25) is 0 Å². The highest BCUT2D eigenvalue weighted by Crippen LogP contribution is 2.59. The lowest BCUT2D eigenvalue weighted by atomic mass is 9.81. The van der Waals surface area contributed by atoms with Crippen LogP contribution in [0.2, 0.25) is 0 Å². The van der Waals surface area contributed by atoms with Crippen LogP contribution in [-0.4, -0.2) is 23.8 Å². The van der Waals surface area contributed by atoms with E-state index in [0.29, 0.717) is 11.5 Å². The Kier molecular flexibility index (Phi) is 4.67. The number of esters is 1. The van der Waals surface area contributed by atoms with E-state index in [1.165, 1.54) is 25.7 Å². The van der Waals surface area contributed by atoms with E-state index in [4.69, 9.17) is 9.84 Å². The van der Waals surface area contributed by atoms with Crippen LogP contribution in [0.5, 0.6) is 0 Å². The highest BCUT2D eigenvalue weighted by molar-refractivity contribution is 5.87. The predicted octanol–water partition coefficient (Wildman–Crippen LogP) is 2.93. The quantitative estimate of drug-likeness (QED) is 0.617. The summed E-state index contributed by atoms with van der Waals surface area (Å²) in [4.78, 5) is 11.6.